The molecule has 108 valence electrons. The molecule has 3 unspecified atom stereocenters. The van der Waals surface area contributed by atoms with Crippen LogP contribution in [0.4, 0.5) is 0 Å². The molecule has 4 rings (SSSR count). The number of rotatable bonds is 2. The Bertz CT molecular complexity index is 500. The zero-order valence-corrected chi connectivity index (χ0v) is 12.5. The molecule has 0 radical (unpaired) electrons. The summed E-state index contributed by atoms with van der Waals surface area (Å²) < 4.78 is 6.35. The average Bonchev–Trinajstić information content (AvgIpc) is 2.81. The molecule has 0 amide bonds. The van der Waals surface area contributed by atoms with Crippen molar-refractivity contribution in [3.8, 4) is 5.75 Å². The van der Waals surface area contributed by atoms with Crippen LogP contribution in [0.25, 0.3) is 0 Å². The Kier molecular flexibility index (Phi) is 3.03. The number of para-hydroxylation sites is 1. The highest BCUT2D eigenvalue weighted by atomic mass is 16.5. The Labute approximate surface area is 122 Å². The molecule has 3 atom stereocenters. The predicted molar refractivity (Wildman–Crippen MR) is 81.2 cm³/mol. The van der Waals surface area contributed by atoms with E-state index in [4.69, 9.17) is 4.74 Å². The van der Waals surface area contributed by atoms with Gasteiger partial charge >= 0.3 is 0 Å². The predicted octanol–water partition coefficient (Wildman–Crippen LogP) is 3.60. The number of fused-ring (bicyclic) bond motifs is 1. The summed E-state index contributed by atoms with van der Waals surface area (Å²) in [6.45, 7) is 6.09. The van der Waals surface area contributed by atoms with Crippen molar-refractivity contribution in [2.24, 2.45) is 5.92 Å². The van der Waals surface area contributed by atoms with Gasteiger partial charge < -0.3 is 9.64 Å². The van der Waals surface area contributed by atoms with Crippen LogP contribution >= 0.6 is 0 Å². The van der Waals surface area contributed by atoms with Crippen molar-refractivity contribution in [1.29, 1.82) is 0 Å². The lowest BCUT2D eigenvalue weighted by molar-refractivity contribution is -0.00678. The smallest absolute Gasteiger partial charge is 0.123 e. The van der Waals surface area contributed by atoms with Crippen molar-refractivity contribution in [3.63, 3.8) is 0 Å². The quantitative estimate of drug-likeness (QED) is 0.815. The highest BCUT2D eigenvalue weighted by Crippen LogP contribution is 2.56. The number of piperidine rings is 1. The Morgan fingerprint density at radius 2 is 2.20 bits per heavy atom. The van der Waals surface area contributed by atoms with Gasteiger partial charge in [-0.15, -0.1) is 0 Å². The minimum Gasteiger partial charge on any atom is -0.489 e. The highest BCUT2D eigenvalue weighted by Gasteiger charge is 2.56. The molecule has 1 spiro atoms. The fraction of sp³-hybridized carbons (Fsp3) is 0.667. The molecule has 2 fully saturated rings. The maximum absolute atomic E-state index is 6.35. The molecule has 1 aromatic carbocycles. The summed E-state index contributed by atoms with van der Waals surface area (Å²) in [5, 5.41) is 0. The summed E-state index contributed by atoms with van der Waals surface area (Å²) in [6.07, 6.45) is 6.98. The van der Waals surface area contributed by atoms with Crippen molar-refractivity contribution in [2.45, 2.75) is 50.5 Å². The van der Waals surface area contributed by atoms with Crippen LogP contribution in [0.1, 0.15) is 44.6 Å². The van der Waals surface area contributed by atoms with Gasteiger partial charge in [-0.05, 0) is 57.2 Å². The molecule has 1 aromatic rings. The second kappa shape index (κ2) is 4.77. The number of hydrogen-bond acceptors (Lipinski definition) is 2. The minimum atomic E-state index is 0.332. The molecule has 1 saturated heterocycles. The van der Waals surface area contributed by atoms with Crippen LogP contribution < -0.4 is 4.74 Å². The van der Waals surface area contributed by atoms with Crippen LogP contribution in [-0.2, 0) is 5.41 Å². The van der Waals surface area contributed by atoms with Gasteiger partial charge in [-0.1, -0.05) is 25.1 Å². The first-order chi connectivity index (χ1) is 9.84. The Morgan fingerprint density at radius 1 is 1.30 bits per heavy atom. The molecule has 2 heterocycles. The Balaban J connectivity index is 1.71. The Hall–Kier alpha value is -1.02. The summed E-state index contributed by atoms with van der Waals surface area (Å²) in [6, 6.07) is 8.83. The van der Waals surface area contributed by atoms with E-state index in [1.54, 1.807) is 0 Å². The molecule has 0 bridgehead atoms. The lowest BCUT2D eigenvalue weighted by atomic mass is 9.58. The molecule has 0 aromatic heterocycles. The van der Waals surface area contributed by atoms with Crippen LogP contribution in [0, 0.1) is 5.92 Å². The second-order valence-electron chi connectivity index (χ2n) is 6.82. The molecule has 2 heteroatoms. The topological polar surface area (TPSA) is 12.5 Å². The first-order valence-corrected chi connectivity index (χ1v) is 8.33. The van der Waals surface area contributed by atoms with Crippen molar-refractivity contribution in [2.75, 3.05) is 19.6 Å². The molecule has 2 aliphatic heterocycles. The molecule has 20 heavy (non-hydrogen) atoms. The van der Waals surface area contributed by atoms with Crippen LogP contribution in [0.5, 0.6) is 5.75 Å². The van der Waals surface area contributed by atoms with E-state index in [1.165, 1.54) is 63.1 Å². The standard InChI is InChI=1S/C18H25NO/c1-2-11-19-12-10-18-14(13-19)6-5-9-17(18)20-16-8-4-3-7-15(16)18/h3-4,7-8,14,17H,2,5-6,9-13H2,1H3. The van der Waals surface area contributed by atoms with Crippen molar-refractivity contribution in [1.82, 2.24) is 4.90 Å². The third-order valence-electron chi connectivity index (χ3n) is 5.84. The van der Waals surface area contributed by atoms with Crippen molar-refractivity contribution >= 4 is 0 Å². The van der Waals surface area contributed by atoms with E-state index < -0.39 is 0 Å². The summed E-state index contributed by atoms with van der Waals surface area (Å²) in [5.74, 6) is 1.97. The number of ether oxygens (including phenoxy) is 1. The average molecular weight is 271 g/mol. The third-order valence-corrected chi connectivity index (χ3v) is 5.84. The van der Waals surface area contributed by atoms with E-state index in [0.29, 0.717) is 11.5 Å². The van der Waals surface area contributed by atoms with Gasteiger partial charge in [0.15, 0.2) is 0 Å². The van der Waals surface area contributed by atoms with Crippen molar-refractivity contribution in [3.05, 3.63) is 29.8 Å². The largest absolute Gasteiger partial charge is 0.489 e. The van der Waals surface area contributed by atoms with Crippen LogP contribution in [0.2, 0.25) is 0 Å². The van der Waals surface area contributed by atoms with E-state index in [-0.39, 0.29) is 0 Å². The summed E-state index contributed by atoms with van der Waals surface area (Å²) in [5.41, 5.74) is 1.85. The van der Waals surface area contributed by atoms with E-state index in [1.807, 2.05) is 0 Å². The molecule has 3 aliphatic rings. The minimum absolute atomic E-state index is 0.332. The van der Waals surface area contributed by atoms with Gasteiger partial charge in [-0.25, -0.2) is 0 Å². The van der Waals surface area contributed by atoms with Gasteiger partial charge in [0.1, 0.15) is 11.9 Å². The van der Waals surface area contributed by atoms with Gasteiger partial charge in [0.05, 0.1) is 0 Å². The van der Waals surface area contributed by atoms with Gasteiger partial charge in [0, 0.05) is 17.5 Å². The normalized spacial score (nSPS) is 35.9. The van der Waals surface area contributed by atoms with Gasteiger partial charge in [0.2, 0.25) is 0 Å². The monoisotopic (exact) mass is 271 g/mol. The summed E-state index contributed by atoms with van der Waals surface area (Å²) in [7, 11) is 0. The zero-order valence-electron chi connectivity index (χ0n) is 12.5. The first kappa shape index (κ1) is 12.7. The zero-order chi connectivity index (χ0) is 13.6. The Morgan fingerprint density at radius 3 is 3.10 bits per heavy atom. The molecule has 1 aliphatic carbocycles. The van der Waals surface area contributed by atoms with Gasteiger partial charge in [-0.2, -0.15) is 0 Å². The van der Waals surface area contributed by atoms with Crippen LogP contribution in [0.3, 0.4) is 0 Å². The highest BCUT2D eigenvalue weighted by molar-refractivity contribution is 5.47. The van der Waals surface area contributed by atoms with Gasteiger partial charge in [-0.3, -0.25) is 0 Å². The van der Waals surface area contributed by atoms with Crippen LogP contribution in [0.15, 0.2) is 24.3 Å². The third kappa shape index (κ3) is 1.67. The lowest BCUT2D eigenvalue weighted by Gasteiger charge is -2.51. The van der Waals surface area contributed by atoms with Crippen LogP contribution in [-0.4, -0.2) is 30.6 Å². The van der Waals surface area contributed by atoms with E-state index in [0.717, 1.165) is 5.92 Å². The van der Waals surface area contributed by atoms with E-state index in [2.05, 4.69) is 36.1 Å². The van der Waals surface area contributed by atoms with E-state index >= 15 is 0 Å². The molecular formula is C18H25NO. The fourth-order valence-corrected chi connectivity index (χ4v) is 5.01. The van der Waals surface area contributed by atoms with Gasteiger partial charge in [0.25, 0.3) is 0 Å². The van der Waals surface area contributed by atoms with E-state index in [9.17, 15) is 0 Å². The summed E-state index contributed by atoms with van der Waals surface area (Å²) >= 11 is 0. The number of hydrogen-bond donors (Lipinski definition) is 0. The summed E-state index contributed by atoms with van der Waals surface area (Å²) in [4.78, 5) is 2.68. The first-order valence-electron chi connectivity index (χ1n) is 8.33. The number of benzene rings is 1. The number of likely N-dealkylation sites (tertiary alicyclic amines) is 1. The maximum atomic E-state index is 6.35. The molecule has 2 nitrogen and oxygen atoms in total. The number of nitrogens with zero attached hydrogens (tertiary/aromatic N) is 1. The fourth-order valence-electron chi connectivity index (χ4n) is 5.01. The van der Waals surface area contributed by atoms with Crippen molar-refractivity contribution < 1.29 is 4.74 Å². The molecule has 1 saturated carbocycles. The molecule has 0 N–H and O–H groups in total. The molecular weight excluding hydrogens is 246 g/mol. The maximum Gasteiger partial charge on any atom is 0.123 e. The SMILES string of the molecule is CCCN1CCC23c4ccccc4OC2CCCC3C1. The lowest BCUT2D eigenvalue weighted by Crippen LogP contribution is -2.56. The second-order valence-corrected chi connectivity index (χ2v) is 6.82.